The number of hydrogen-bond acceptors (Lipinski definition) is 7. The van der Waals surface area contributed by atoms with Crippen LogP contribution < -0.4 is 5.56 Å². The van der Waals surface area contributed by atoms with Gasteiger partial charge in [0.2, 0.25) is 0 Å². The van der Waals surface area contributed by atoms with E-state index in [4.69, 9.17) is 4.74 Å². The van der Waals surface area contributed by atoms with E-state index in [1.165, 1.54) is 11.8 Å². The number of rotatable bonds is 9. The first-order valence-corrected chi connectivity index (χ1v) is 9.72. The first-order chi connectivity index (χ1) is 13.9. The van der Waals surface area contributed by atoms with Crippen LogP contribution in [0.4, 0.5) is 0 Å². The van der Waals surface area contributed by atoms with E-state index < -0.39 is 5.97 Å². The van der Waals surface area contributed by atoms with Gasteiger partial charge >= 0.3 is 11.9 Å². The summed E-state index contributed by atoms with van der Waals surface area (Å²) < 4.78 is 10.9. The lowest BCUT2D eigenvalue weighted by atomic mass is 10.1. The van der Waals surface area contributed by atoms with Crippen molar-refractivity contribution >= 4 is 28.6 Å². The molecule has 0 amide bonds. The van der Waals surface area contributed by atoms with Gasteiger partial charge in [-0.2, -0.15) is 9.78 Å². The van der Waals surface area contributed by atoms with E-state index in [1.807, 2.05) is 19.9 Å². The molecule has 0 atom stereocenters. The molecule has 0 bridgehead atoms. The van der Waals surface area contributed by atoms with Crippen LogP contribution in [0.15, 0.2) is 34.2 Å². The highest BCUT2D eigenvalue weighted by Crippen LogP contribution is 2.15. The number of carbonyl (C=O) groups excluding carboxylic acids is 2. The maximum Gasteiger partial charge on any atom is 0.354 e. The summed E-state index contributed by atoms with van der Waals surface area (Å²) in [5.74, 6) is -0.513. The second-order valence-electron chi connectivity index (χ2n) is 6.81. The van der Waals surface area contributed by atoms with Crippen LogP contribution in [0.1, 0.15) is 58.2 Å². The highest BCUT2D eigenvalue weighted by atomic mass is 16.5. The van der Waals surface area contributed by atoms with Gasteiger partial charge in [-0.3, -0.25) is 9.59 Å². The van der Waals surface area contributed by atoms with Gasteiger partial charge < -0.3 is 9.47 Å². The lowest BCUT2D eigenvalue weighted by Crippen LogP contribution is -2.27. The second-order valence-corrected chi connectivity index (χ2v) is 6.81. The van der Waals surface area contributed by atoms with Gasteiger partial charge in [-0.15, -0.1) is 0 Å². The molecule has 0 N–H and O–H groups in total. The van der Waals surface area contributed by atoms with Crippen molar-refractivity contribution in [3.8, 4) is 0 Å². The Kier molecular flexibility index (Phi) is 8.06. The van der Waals surface area contributed by atoms with Crippen molar-refractivity contribution in [2.45, 2.75) is 52.4 Å². The third-order valence-corrected chi connectivity index (χ3v) is 4.30. The number of para-hydroxylation sites is 1. The van der Waals surface area contributed by atoms with E-state index in [9.17, 15) is 14.4 Å². The van der Waals surface area contributed by atoms with Crippen LogP contribution >= 0.6 is 0 Å². The third-order valence-electron chi connectivity index (χ3n) is 4.30. The Morgan fingerprint density at radius 2 is 1.86 bits per heavy atom. The average Bonchev–Trinajstić information content (AvgIpc) is 2.71. The number of methoxy groups -OCH3 is 1. The molecule has 156 valence electrons. The number of ether oxygens (including phenoxy) is 2. The maximum absolute atomic E-state index is 13.0. The van der Waals surface area contributed by atoms with E-state index in [0.717, 1.165) is 0 Å². The number of benzene rings is 1. The normalized spacial score (nSPS) is 11.7. The quantitative estimate of drug-likeness (QED) is 0.364. The number of aromatic nitrogens is 2. The van der Waals surface area contributed by atoms with Gasteiger partial charge in [-0.05, 0) is 38.3 Å². The summed E-state index contributed by atoms with van der Waals surface area (Å²) in [6.07, 6.45) is 1.58. The topological polar surface area (TPSA) is 99.9 Å². The van der Waals surface area contributed by atoms with Gasteiger partial charge in [0, 0.05) is 12.3 Å². The van der Waals surface area contributed by atoms with Crippen molar-refractivity contribution in [3.05, 3.63) is 40.4 Å². The molecular formula is C21H27N3O5. The molecule has 0 radical (unpaired) electrons. The minimum Gasteiger partial charge on any atom is -0.469 e. The minimum absolute atomic E-state index is 0.0844. The summed E-state index contributed by atoms with van der Waals surface area (Å²) in [7, 11) is 1.33. The van der Waals surface area contributed by atoms with Crippen molar-refractivity contribution < 1.29 is 19.1 Å². The van der Waals surface area contributed by atoms with E-state index >= 15 is 0 Å². The van der Waals surface area contributed by atoms with E-state index in [2.05, 4.69) is 14.8 Å². The van der Waals surface area contributed by atoms with E-state index in [0.29, 0.717) is 29.6 Å². The predicted molar refractivity (Wildman–Crippen MR) is 110 cm³/mol. The standard InChI is InChI=1S/C21H27N3O5/c1-5-29-21(27)17(12-8-9-13-18(25)28-4)23-24-19(14(2)3)22-16-11-7-6-10-15(16)20(24)26/h6-7,10-11,14H,5,8-9,12-13H2,1-4H3/b23-17+. The Morgan fingerprint density at radius 3 is 2.52 bits per heavy atom. The predicted octanol–water partition coefficient (Wildman–Crippen LogP) is 3.02. The molecule has 2 aromatic rings. The molecule has 0 aliphatic carbocycles. The molecule has 0 spiro atoms. The molecule has 1 aromatic heterocycles. The van der Waals surface area contributed by atoms with Crippen LogP contribution in [-0.2, 0) is 19.1 Å². The molecule has 8 heteroatoms. The van der Waals surface area contributed by atoms with Gasteiger partial charge in [0.1, 0.15) is 11.5 Å². The maximum atomic E-state index is 13.0. The van der Waals surface area contributed by atoms with Crippen LogP contribution in [0.2, 0.25) is 0 Å². The van der Waals surface area contributed by atoms with Crippen molar-refractivity contribution in [1.29, 1.82) is 0 Å². The number of esters is 2. The molecule has 0 aliphatic heterocycles. The zero-order chi connectivity index (χ0) is 21.4. The summed E-state index contributed by atoms with van der Waals surface area (Å²) in [5, 5.41) is 4.78. The van der Waals surface area contributed by atoms with Crippen LogP contribution in [0.25, 0.3) is 10.9 Å². The first-order valence-electron chi connectivity index (χ1n) is 9.72. The Morgan fingerprint density at radius 1 is 1.17 bits per heavy atom. The van der Waals surface area contributed by atoms with Gasteiger partial charge in [-0.1, -0.05) is 26.0 Å². The van der Waals surface area contributed by atoms with Gasteiger partial charge in [0.05, 0.1) is 24.6 Å². The molecule has 1 heterocycles. The zero-order valence-electron chi connectivity index (χ0n) is 17.3. The molecule has 0 saturated heterocycles. The fraction of sp³-hybridized carbons (Fsp3) is 0.476. The van der Waals surface area contributed by atoms with Crippen LogP contribution in [0.3, 0.4) is 0 Å². The molecule has 8 nitrogen and oxygen atoms in total. The van der Waals surface area contributed by atoms with Gasteiger partial charge in [0.15, 0.2) is 0 Å². The molecule has 0 aliphatic rings. The van der Waals surface area contributed by atoms with Crippen LogP contribution in [-0.4, -0.2) is 41.0 Å². The molecule has 1 aromatic carbocycles. The summed E-state index contributed by atoms with van der Waals surface area (Å²) in [5.41, 5.74) is 0.372. The highest BCUT2D eigenvalue weighted by molar-refractivity contribution is 6.36. The SMILES string of the molecule is CCOC(=O)/C(CCCCC(=O)OC)=N/n1c(C(C)C)nc2ccccc2c1=O. The molecule has 0 saturated carbocycles. The van der Waals surface area contributed by atoms with Gasteiger partial charge in [0.25, 0.3) is 5.56 Å². The smallest absolute Gasteiger partial charge is 0.354 e. The number of fused-ring (bicyclic) bond motifs is 1. The Labute approximate surface area is 169 Å². The van der Waals surface area contributed by atoms with Crippen LogP contribution in [0, 0.1) is 0 Å². The minimum atomic E-state index is -0.583. The fourth-order valence-electron chi connectivity index (χ4n) is 2.80. The Balaban J connectivity index is 2.45. The van der Waals surface area contributed by atoms with Crippen molar-refractivity contribution in [3.63, 3.8) is 0 Å². The van der Waals surface area contributed by atoms with Crippen molar-refractivity contribution in [2.75, 3.05) is 13.7 Å². The Hall–Kier alpha value is -3.03. The molecule has 0 unspecified atom stereocenters. The van der Waals surface area contributed by atoms with E-state index in [-0.39, 0.29) is 42.6 Å². The summed E-state index contributed by atoms with van der Waals surface area (Å²) >= 11 is 0. The van der Waals surface area contributed by atoms with Crippen LogP contribution in [0.5, 0.6) is 0 Å². The second kappa shape index (κ2) is 10.5. The third kappa shape index (κ3) is 5.73. The summed E-state index contributed by atoms with van der Waals surface area (Å²) in [6, 6.07) is 7.03. The van der Waals surface area contributed by atoms with Gasteiger partial charge in [-0.25, -0.2) is 9.78 Å². The fourth-order valence-corrected chi connectivity index (χ4v) is 2.80. The lowest BCUT2D eigenvalue weighted by molar-refractivity contribution is -0.140. The number of carbonyl (C=O) groups is 2. The van der Waals surface area contributed by atoms with Crippen molar-refractivity contribution in [1.82, 2.24) is 9.66 Å². The first kappa shape index (κ1) is 22.3. The average molecular weight is 401 g/mol. The van der Waals surface area contributed by atoms with E-state index in [1.54, 1.807) is 25.1 Å². The molecule has 2 rings (SSSR count). The number of unbranched alkanes of at least 4 members (excludes halogenated alkanes) is 1. The summed E-state index contributed by atoms with van der Waals surface area (Å²) in [6.45, 7) is 5.71. The molecular weight excluding hydrogens is 374 g/mol. The van der Waals surface area contributed by atoms with Crippen molar-refractivity contribution in [2.24, 2.45) is 5.10 Å². The number of nitrogens with zero attached hydrogens (tertiary/aromatic N) is 3. The monoisotopic (exact) mass is 401 g/mol. The lowest BCUT2D eigenvalue weighted by Gasteiger charge is -2.13. The number of hydrogen-bond donors (Lipinski definition) is 0. The largest absolute Gasteiger partial charge is 0.469 e. The molecule has 29 heavy (non-hydrogen) atoms. The Bertz CT molecular complexity index is 962. The highest BCUT2D eigenvalue weighted by Gasteiger charge is 2.18. The molecule has 0 fully saturated rings. The zero-order valence-corrected chi connectivity index (χ0v) is 17.3. The summed E-state index contributed by atoms with van der Waals surface area (Å²) in [4.78, 5) is 41.3.